The normalized spacial score (nSPS) is 14.8. The molecule has 0 aliphatic carbocycles. The monoisotopic (exact) mass is 164 g/mol. The van der Waals surface area contributed by atoms with E-state index in [1.165, 1.54) is 5.47 Å². The minimum Gasteiger partial charge on any atom is -0.402 e. The summed E-state index contributed by atoms with van der Waals surface area (Å²) in [5.74, 6) is 0. The maximum atomic E-state index is 5.59. The van der Waals surface area contributed by atoms with Crippen LogP contribution in [0.15, 0.2) is 23.3 Å². The highest BCUT2D eigenvalue weighted by molar-refractivity contribution is 6.44. The molecule has 0 saturated heterocycles. The molecule has 2 N–H and O–H groups in total. The molecule has 0 aromatic rings. The van der Waals surface area contributed by atoms with Gasteiger partial charge in [0.2, 0.25) is 0 Å². The molecule has 0 aliphatic heterocycles. The van der Waals surface area contributed by atoms with Gasteiger partial charge in [0.05, 0.1) is 0 Å². The van der Waals surface area contributed by atoms with Crippen molar-refractivity contribution in [3.63, 3.8) is 0 Å². The van der Waals surface area contributed by atoms with Gasteiger partial charge in [0, 0.05) is 5.70 Å². The van der Waals surface area contributed by atoms with Crippen LogP contribution in [0, 0.1) is 5.41 Å². The Balaban J connectivity index is 4.56. The Kier molecular flexibility index (Phi) is 4.15. The lowest BCUT2D eigenvalue weighted by molar-refractivity contribution is 0.543. The van der Waals surface area contributed by atoms with Gasteiger partial charge in [-0.25, -0.2) is 0 Å². The first-order valence-corrected chi connectivity index (χ1v) is 4.31. The summed E-state index contributed by atoms with van der Waals surface area (Å²) in [6, 6.07) is 0. The van der Waals surface area contributed by atoms with E-state index in [1.54, 1.807) is 0 Å². The van der Waals surface area contributed by atoms with Gasteiger partial charge in [0.25, 0.3) is 0 Å². The summed E-state index contributed by atoms with van der Waals surface area (Å²) in [7, 11) is 2.07. The molecule has 0 aromatic heterocycles. The van der Waals surface area contributed by atoms with E-state index in [2.05, 4.69) is 34.1 Å². The Labute approximate surface area is 77.0 Å². The van der Waals surface area contributed by atoms with Gasteiger partial charge >= 0.3 is 0 Å². The van der Waals surface area contributed by atoms with Crippen molar-refractivity contribution in [3.05, 3.63) is 23.3 Å². The zero-order valence-corrected chi connectivity index (χ0v) is 8.81. The van der Waals surface area contributed by atoms with E-state index in [4.69, 9.17) is 5.73 Å². The zero-order valence-electron chi connectivity index (χ0n) is 8.81. The fourth-order valence-corrected chi connectivity index (χ4v) is 0.971. The van der Waals surface area contributed by atoms with Crippen LogP contribution in [0.2, 0.25) is 6.82 Å². The molecule has 0 spiro atoms. The molecule has 1 nitrogen and oxygen atoms in total. The summed E-state index contributed by atoms with van der Waals surface area (Å²) < 4.78 is 0. The molecule has 0 heterocycles. The third kappa shape index (κ3) is 6.08. The Morgan fingerprint density at radius 1 is 1.33 bits per heavy atom. The summed E-state index contributed by atoms with van der Waals surface area (Å²) >= 11 is 0. The molecule has 2 heteroatoms. The van der Waals surface area contributed by atoms with Gasteiger partial charge in [-0.15, -0.1) is 0 Å². The maximum absolute atomic E-state index is 5.59. The minimum absolute atomic E-state index is 0.216. The average molecular weight is 164 g/mol. The highest BCUT2D eigenvalue weighted by Gasteiger charge is 2.06. The van der Waals surface area contributed by atoms with Crippen LogP contribution in [-0.2, 0) is 0 Å². The standard InChI is InChI=1S/C10H19BN/c1-8(12)6-9(11-5)7-10(2,3)4/h6-7H,12H2,1-5H3/b8-6+,9-7+. The molecular formula is C10H19BN. The average Bonchev–Trinajstić information content (AvgIpc) is 1.82. The number of hydrogen-bond acceptors (Lipinski definition) is 1. The molecule has 0 amide bonds. The van der Waals surface area contributed by atoms with Crippen LogP contribution < -0.4 is 5.73 Å². The van der Waals surface area contributed by atoms with Crippen molar-refractivity contribution in [1.82, 2.24) is 0 Å². The van der Waals surface area contributed by atoms with E-state index in [9.17, 15) is 0 Å². The topological polar surface area (TPSA) is 26.0 Å². The van der Waals surface area contributed by atoms with Crippen molar-refractivity contribution in [2.75, 3.05) is 0 Å². The molecule has 0 saturated carbocycles. The Bertz CT molecular complexity index is 192. The molecule has 0 rings (SSSR count). The predicted molar refractivity (Wildman–Crippen MR) is 57.1 cm³/mol. The second-order valence-corrected chi connectivity index (χ2v) is 4.19. The number of nitrogens with two attached hydrogens (primary N) is 1. The van der Waals surface area contributed by atoms with Crippen molar-refractivity contribution in [1.29, 1.82) is 0 Å². The van der Waals surface area contributed by atoms with E-state index < -0.39 is 0 Å². The molecule has 0 aromatic carbocycles. The lowest BCUT2D eigenvalue weighted by Gasteiger charge is -2.14. The van der Waals surface area contributed by atoms with E-state index in [0.29, 0.717) is 0 Å². The molecule has 67 valence electrons. The molecule has 0 atom stereocenters. The maximum Gasteiger partial charge on any atom is 0.147 e. The van der Waals surface area contributed by atoms with E-state index in [1.807, 2.05) is 19.8 Å². The van der Waals surface area contributed by atoms with Crippen molar-refractivity contribution >= 4 is 7.28 Å². The lowest BCUT2D eigenvalue weighted by atomic mass is 9.69. The quantitative estimate of drug-likeness (QED) is 0.492. The summed E-state index contributed by atoms with van der Waals surface area (Å²) in [5.41, 5.74) is 7.85. The first-order chi connectivity index (χ1) is 5.35. The number of rotatable bonds is 2. The minimum atomic E-state index is 0.216. The number of allylic oxidation sites excluding steroid dienone is 4. The van der Waals surface area contributed by atoms with Gasteiger partial charge in [-0.3, -0.25) is 0 Å². The Morgan fingerprint density at radius 3 is 2.08 bits per heavy atom. The van der Waals surface area contributed by atoms with Gasteiger partial charge in [-0.05, 0) is 12.3 Å². The van der Waals surface area contributed by atoms with Gasteiger partial charge in [0.1, 0.15) is 7.28 Å². The van der Waals surface area contributed by atoms with Gasteiger partial charge in [-0.1, -0.05) is 45.2 Å². The van der Waals surface area contributed by atoms with E-state index >= 15 is 0 Å². The third-order valence-corrected chi connectivity index (χ3v) is 1.33. The molecular weight excluding hydrogens is 145 g/mol. The second-order valence-electron chi connectivity index (χ2n) is 4.19. The largest absolute Gasteiger partial charge is 0.402 e. The molecule has 0 bridgehead atoms. The summed E-state index contributed by atoms with van der Waals surface area (Å²) in [6.07, 6.45) is 4.20. The van der Waals surface area contributed by atoms with Gasteiger partial charge in [-0.2, -0.15) is 0 Å². The highest BCUT2D eigenvalue weighted by atomic mass is 14.5. The fraction of sp³-hybridized carbons (Fsp3) is 0.600. The van der Waals surface area contributed by atoms with Gasteiger partial charge in [0.15, 0.2) is 0 Å². The Hall–Kier alpha value is -0.655. The van der Waals surface area contributed by atoms with Crippen LogP contribution in [0.1, 0.15) is 27.7 Å². The molecule has 0 aliphatic rings. The van der Waals surface area contributed by atoms with Crippen LogP contribution in [0.4, 0.5) is 0 Å². The smallest absolute Gasteiger partial charge is 0.147 e. The highest BCUT2D eigenvalue weighted by Crippen LogP contribution is 2.17. The molecule has 1 radical (unpaired) electrons. The molecule has 0 unspecified atom stereocenters. The fourth-order valence-electron chi connectivity index (χ4n) is 0.971. The summed E-state index contributed by atoms with van der Waals surface area (Å²) in [6.45, 7) is 10.5. The number of hydrogen-bond donors (Lipinski definition) is 1. The molecule has 0 fully saturated rings. The lowest BCUT2D eigenvalue weighted by Crippen LogP contribution is -2.04. The first kappa shape index (κ1) is 11.3. The SMILES string of the molecule is C[B]C(=C/C(C)(C)C)/C=C(\C)N. The van der Waals surface area contributed by atoms with Crippen LogP contribution >= 0.6 is 0 Å². The Morgan fingerprint density at radius 2 is 1.83 bits per heavy atom. The van der Waals surface area contributed by atoms with Crippen molar-refractivity contribution in [2.24, 2.45) is 11.1 Å². The van der Waals surface area contributed by atoms with Crippen molar-refractivity contribution in [2.45, 2.75) is 34.5 Å². The second kappa shape index (κ2) is 4.39. The van der Waals surface area contributed by atoms with Crippen molar-refractivity contribution < 1.29 is 0 Å². The van der Waals surface area contributed by atoms with Crippen LogP contribution in [0.5, 0.6) is 0 Å². The summed E-state index contributed by atoms with van der Waals surface area (Å²) in [4.78, 5) is 0. The molecule has 12 heavy (non-hydrogen) atoms. The van der Waals surface area contributed by atoms with E-state index in [0.717, 1.165) is 5.70 Å². The van der Waals surface area contributed by atoms with Crippen LogP contribution in [0.3, 0.4) is 0 Å². The van der Waals surface area contributed by atoms with Gasteiger partial charge < -0.3 is 5.73 Å². The van der Waals surface area contributed by atoms with Crippen LogP contribution in [-0.4, -0.2) is 7.28 Å². The van der Waals surface area contributed by atoms with Crippen LogP contribution in [0.25, 0.3) is 0 Å². The van der Waals surface area contributed by atoms with E-state index in [-0.39, 0.29) is 5.41 Å². The predicted octanol–water partition coefficient (Wildman–Crippen LogP) is 2.53. The first-order valence-electron chi connectivity index (χ1n) is 4.31. The van der Waals surface area contributed by atoms with Crippen molar-refractivity contribution in [3.8, 4) is 0 Å². The summed E-state index contributed by atoms with van der Waals surface area (Å²) in [5, 5.41) is 0. The zero-order chi connectivity index (χ0) is 9.78. The third-order valence-electron chi connectivity index (χ3n) is 1.33.